The SMILES string of the molecule is CC/C=C\C/C=C\C/C=C\C/C=C\CCC(=O)NC(COP(=O)(O)OCC[N+](C)(C)C)C(O)/C=C/CC/C=C/CCCCCCCCCCCCCCCCCCC. The molecule has 9 heteroatoms. The fourth-order valence-electron chi connectivity index (χ4n) is 6.24. The van der Waals surface area contributed by atoms with Gasteiger partial charge in [-0.3, -0.25) is 13.8 Å². The van der Waals surface area contributed by atoms with Crippen molar-refractivity contribution < 1.29 is 32.9 Å². The van der Waals surface area contributed by atoms with E-state index in [-0.39, 0.29) is 25.5 Å². The van der Waals surface area contributed by atoms with Crippen LogP contribution in [0.1, 0.15) is 181 Å². The van der Waals surface area contributed by atoms with Gasteiger partial charge in [-0.2, -0.15) is 0 Å². The highest BCUT2D eigenvalue weighted by Crippen LogP contribution is 2.43. The van der Waals surface area contributed by atoms with Crippen molar-refractivity contribution in [3.63, 3.8) is 0 Å². The van der Waals surface area contributed by atoms with E-state index in [2.05, 4.69) is 67.8 Å². The number of carbonyl (C=O) groups excluding carboxylic acids is 1. The number of quaternary nitrogens is 1. The van der Waals surface area contributed by atoms with E-state index < -0.39 is 20.0 Å². The van der Waals surface area contributed by atoms with Crippen molar-refractivity contribution >= 4 is 13.7 Å². The maximum atomic E-state index is 12.8. The summed E-state index contributed by atoms with van der Waals surface area (Å²) in [6.07, 6.45) is 54.4. The number of hydrogen-bond acceptors (Lipinski definition) is 5. The van der Waals surface area contributed by atoms with E-state index in [1.54, 1.807) is 6.08 Å². The first-order chi connectivity index (χ1) is 28.0. The van der Waals surface area contributed by atoms with Gasteiger partial charge >= 0.3 is 7.82 Å². The topological polar surface area (TPSA) is 105 Å². The Morgan fingerprint density at radius 1 is 0.603 bits per heavy atom. The van der Waals surface area contributed by atoms with Crippen molar-refractivity contribution in [3.8, 4) is 0 Å². The summed E-state index contributed by atoms with van der Waals surface area (Å²) in [7, 11) is 1.50. The molecule has 3 unspecified atom stereocenters. The quantitative estimate of drug-likeness (QED) is 0.0245. The summed E-state index contributed by atoms with van der Waals surface area (Å²) in [5.74, 6) is -0.269. The minimum absolute atomic E-state index is 0.0403. The van der Waals surface area contributed by atoms with Gasteiger partial charge in [0.05, 0.1) is 39.9 Å². The van der Waals surface area contributed by atoms with Crippen LogP contribution in [0.4, 0.5) is 0 Å². The lowest BCUT2D eigenvalue weighted by molar-refractivity contribution is -0.870. The number of likely N-dealkylation sites (N-methyl/N-ethyl adjacent to an activating group) is 1. The highest BCUT2D eigenvalue weighted by molar-refractivity contribution is 7.47. The number of phosphoric acid groups is 1. The van der Waals surface area contributed by atoms with Crippen molar-refractivity contribution in [2.45, 2.75) is 193 Å². The van der Waals surface area contributed by atoms with Gasteiger partial charge in [0, 0.05) is 6.42 Å². The number of nitrogens with zero attached hydrogens (tertiary/aromatic N) is 1. The van der Waals surface area contributed by atoms with Gasteiger partial charge in [-0.15, -0.1) is 0 Å². The molecule has 0 heterocycles. The molecule has 0 aromatic rings. The standard InChI is InChI=1S/C49H89N2O6P/c1-6-8-10-12-14-16-18-20-21-22-23-24-25-26-27-28-29-31-32-34-36-38-40-42-48(52)47(46-57-58(54,55)56-45-44-51(3,4)5)50-49(53)43-41-39-37-35-33-30-19-17-15-13-11-9-7-2/h9,11,15,17,30,32-34,37,39-40,42,47-48,52H,6-8,10,12-14,16,18-29,31,35-36,38,41,43-46H2,1-5H3,(H-,50,53,54,55)/p+1/b11-9-,17-15-,33-30-,34-32+,39-37-,42-40+. The van der Waals surface area contributed by atoms with Gasteiger partial charge in [-0.05, 0) is 57.8 Å². The van der Waals surface area contributed by atoms with Crippen molar-refractivity contribution in [2.24, 2.45) is 0 Å². The molecular formula is C49H90N2O6P+. The predicted molar refractivity (Wildman–Crippen MR) is 249 cm³/mol. The van der Waals surface area contributed by atoms with Gasteiger partial charge in [0.15, 0.2) is 0 Å². The summed E-state index contributed by atoms with van der Waals surface area (Å²) >= 11 is 0. The maximum Gasteiger partial charge on any atom is 0.472 e. The number of nitrogens with one attached hydrogen (secondary N) is 1. The first-order valence-electron chi connectivity index (χ1n) is 23.3. The molecule has 336 valence electrons. The Morgan fingerprint density at radius 3 is 1.57 bits per heavy atom. The molecule has 3 atom stereocenters. The average Bonchev–Trinajstić information content (AvgIpc) is 3.17. The molecule has 0 spiro atoms. The van der Waals surface area contributed by atoms with Gasteiger partial charge in [0.1, 0.15) is 13.2 Å². The number of hydrogen-bond donors (Lipinski definition) is 3. The van der Waals surface area contributed by atoms with Crippen LogP contribution in [0.15, 0.2) is 72.9 Å². The van der Waals surface area contributed by atoms with E-state index >= 15 is 0 Å². The molecule has 0 bridgehead atoms. The van der Waals surface area contributed by atoms with Crippen LogP contribution >= 0.6 is 7.82 Å². The van der Waals surface area contributed by atoms with E-state index in [9.17, 15) is 19.4 Å². The molecule has 0 radical (unpaired) electrons. The number of rotatable bonds is 41. The van der Waals surface area contributed by atoms with Crippen LogP contribution in [0.3, 0.4) is 0 Å². The van der Waals surface area contributed by atoms with Gasteiger partial charge in [0.2, 0.25) is 5.91 Å². The number of phosphoric ester groups is 1. The minimum Gasteiger partial charge on any atom is -0.387 e. The lowest BCUT2D eigenvalue weighted by Crippen LogP contribution is -2.45. The van der Waals surface area contributed by atoms with E-state index in [0.29, 0.717) is 17.4 Å². The third-order valence-corrected chi connectivity index (χ3v) is 10.9. The molecule has 0 aliphatic rings. The lowest BCUT2D eigenvalue weighted by Gasteiger charge is -2.25. The fourth-order valence-corrected chi connectivity index (χ4v) is 6.98. The van der Waals surface area contributed by atoms with Crippen LogP contribution in [0, 0.1) is 0 Å². The Kier molecular flexibility index (Phi) is 38.9. The van der Waals surface area contributed by atoms with Crippen LogP contribution in [0.2, 0.25) is 0 Å². The van der Waals surface area contributed by atoms with Crippen molar-refractivity contribution in [1.82, 2.24) is 5.32 Å². The predicted octanol–water partition coefficient (Wildman–Crippen LogP) is 13.2. The fraction of sp³-hybridized carbons (Fsp3) is 0.735. The molecule has 8 nitrogen and oxygen atoms in total. The molecule has 0 rings (SSSR count). The summed E-state index contributed by atoms with van der Waals surface area (Å²) < 4.78 is 23.5. The average molecular weight is 834 g/mol. The van der Waals surface area contributed by atoms with Crippen molar-refractivity contribution in [1.29, 1.82) is 0 Å². The molecule has 0 saturated heterocycles. The second-order valence-corrected chi connectivity index (χ2v) is 18.2. The first-order valence-corrected chi connectivity index (χ1v) is 24.8. The van der Waals surface area contributed by atoms with E-state index in [4.69, 9.17) is 9.05 Å². The zero-order chi connectivity index (χ0) is 42.8. The smallest absolute Gasteiger partial charge is 0.387 e. The van der Waals surface area contributed by atoms with Crippen molar-refractivity contribution in [2.75, 3.05) is 40.9 Å². The van der Waals surface area contributed by atoms with Crippen LogP contribution in [-0.2, 0) is 18.4 Å². The highest BCUT2D eigenvalue weighted by Gasteiger charge is 2.27. The third kappa shape index (κ3) is 42.1. The molecular weight excluding hydrogens is 744 g/mol. The van der Waals surface area contributed by atoms with E-state index in [1.165, 1.54) is 109 Å². The molecule has 0 saturated carbocycles. The summed E-state index contributed by atoms with van der Waals surface area (Å²) in [6.45, 7) is 4.61. The molecule has 0 aliphatic heterocycles. The second-order valence-electron chi connectivity index (χ2n) is 16.7. The minimum atomic E-state index is -4.37. The van der Waals surface area contributed by atoms with Crippen LogP contribution in [0.25, 0.3) is 0 Å². The van der Waals surface area contributed by atoms with Crippen LogP contribution in [0.5, 0.6) is 0 Å². The molecule has 1 amide bonds. The largest absolute Gasteiger partial charge is 0.472 e. The van der Waals surface area contributed by atoms with E-state index in [1.807, 2.05) is 39.4 Å². The Hall–Kier alpha value is -2.06. The number of allylic oxidation sites excluding steroid dienone is 11. The first kappa shape index (κ1) is 55.9. The lowest BCUT2D eigenvalue weighted by atomic mass is 10.0. The zero-order valence-corrected chi connectivity index (χ0v) is 38.9. The zero-order valence-electron chi connectivity index (χ0n) is 38.0. The highest BCUT2D eigenvalue weighted by atomic mass is 31.2. The normalized spacial score (nSPS) is 14.9. The van der Waals surface area contributed by atoms with E-state index in [0.717, 1.165) is 44.9 Å². The molecule has 0 aromatic carbocycles. The summed E-state index contributed by atoms with van der Waals surface area (Å²) in [5, 5.41) is 13.7. The Labute approximate surface area is 357 Å². The molecule has 58 heavy (non-hydrogen) atoms. The number of aliphatic hydroxyl groups is 1. The van der Waals surface area contributed by atoms with Gasteiger partial charge in [-0.25, -0.2) is 4.57 Å². The number of carbonyl (C=O) groups is 1. The van der Waals surface area contributed by atoms with Crippen LogP contribution in [-0.4, -0.2) is 73.4 Å². The third-order valence-electron chi connectivity index (χ3n) is 9.92. The van der Waals surface area contributed by atoms with Gasteiger partial charge < -0.3 is 19.8 Å². The Balaban J connectivity index is 4.45. The number of aliphatic hydroxyl groups excluding tert-OH is 1. The van der Waals surface area contributed by atoms with Gasteiger partial charge in [-0.1, -0.05) is 189 Å². The molecule has 3 N–H and O–H groups in total. The summed E-state index contributed by atoms with van der Waals surface area (Å²) in [5.41, 5.74) is 0. The molecule has 0 aromatic heterocycles. The second kappa shape index (κ2) is 40.4. The summed E-state index contributed by atoms with van der Waals surface area (Å²) in [4.78, 5) is 23.0. The maximum absolute atomic E-state index is 12.8. The molecule has 0 aliphatic carbocycles. The Morgan fingerprint density at radius 2 is 1.05 bits per heavy atom. The van der Waals surface area contributed by atoms with Gasteiger partial charge in [0.25, 0.3) is 0 Å². The van der Waals surface area contributed by atoms with Crippen molar-refractivity contribution in [3.05, 3.63) is 72.9 Å². The summed E-state index contributed by atoms with van der Waals surface area (Å²) in [6, 6.07) is -0.904. The number of unbranched alkanes of at least 4 members (excludes halogenated alkanes) is 18. The Bertz CT molecular complexity index is 1170. The molecule has 0 fully saturated rings. The van der Waals surface area contributed by atoms with Crippen LogP contribution < -0.4 is 5.32 Å². The monoisotopic (exact) mass is 834 g/mol. The number of amides is 1.